The molecule has 10 aromatic carbocycles. The molecule has 0 saturated carbocycles. The van der Waals surface area contributed by atoms with Gasteiger partial charge in [0, 0.05) is 163 Å². The van der Waals surface area contributed by atoms with Crippen LogP contribution in [-0.2, 0) is 50.5 Å². The normalized spacial score (nSPS) is 10.4. The van der Waals surface area contributed by atoms with Crippen LogP contribution in [0.1, 0.15) is 147 Å². The first-order valence-corrected chi connectivity index (χ1v) is 48.5. The zero-order chi connectivity index (χ0) is 101. The van der Waals surface area contributed by atoms with E-state index >= 15 is 0 Å². The van der Waals surface area contributed by atoms with E-state index < -0.39 is 79.9 Å². The summed E-state index contributed by atoms with van der Waals surface area (Å²) in [7, 11) is -4.87. The van der Waals surface area contributed by atoms with Crippen LogP contribution in [0.2, 0.25) is 0 Å². The van der Waals surface area contributed by atoms with Crippen LogP contribution < -0.4 is 87.9 Å². The topological polar surface area (TPSA) is 443 Å². The van der Waals surface area contributed by atoms with Crippen molar-refractivity contribution in [1.82, 2.24) is 32.1 Å². The zero-order valence-corrected chi connectivity index (χ0v) is 82.5. The van der Waals surface area contributed by atoms with E-state index in [1.165, 1.54) is 6.26 Å². The van der Waals surface area contributed by atoms with E-state index in [0.717, 1.165) is 115 Å². The summed E-state index contributed by atoms with van der Waals surface area (Å²) in [6, 6.07) is 66.8. The molecule has 738 valence electrons. The van der Waals surface area contributed by atoms with Gasteiger partial charge in [-0.3, -0.25) is 50.6 Å². The van der Waals surface area contributed by atoms with Crippen LogP contribution >= 0.6 is 0 Å². The highest BCUT2D eigenvalue weighted by Crippen LogP contribution is 2.29. The number of hydroxylamine groups is 5. The Kier molecular flexibility index (Phi) is 46.2. The summed E-state index contributed by atoms with van der Waals surface area (Å²) in [5, 5.41) is 13.0. The average Bonchev–Trinajstić information content (AvgIpc) is 0.827. The van der Waals surface area contributed by atoms with Crippen LogP contribution in [0.15, 0.2) is 231 Å². The largest absolute Gasteiger partial charge is 0.497 e. The van der Waals surface area contributed by atoms with Crippen molar-refractivity contribution in [3.8, 4) is 5.75 Å². The van der Waals surface area contributed by atoms with Crippen molar-refractivity contribution in [3.63, 3.8) is 0 Å². The van der Waals surface area contributed by atoms with Gasteiger partial charge in [0.25, 0.3) is 29.5 Å². The summed E-state index contributed by atoms with van der Waals surface area (Å²) in [6.45, 7) is 36.6. The Balaban J connectivity index is 0.000000265. The number of nitrogens with one attached hydrogen (secondary N) is 11. The summed E-state index contributed by atoms with van der Waals surface area (Å²) in [4.78, 5) is 154. The number of hydrogen-bond acceptors (Lipinski definition) is 25. The van der Waals surface area contributed by atoms with Gasteiger partial charge in [-0.1, -0.05) is 72.3 Å². The van der Waals surface area contributed by atoms with E-state index in [9.17, 15) is 64.8 Å². The smallest absolute Gasteiger partial charge is 0.436 e. The van der Waals surface area contributed by atoms with E-state index in [0.29, 0.717) is 87.2 Å². The Morgan fingerprint density at radius 2 is 0.543 bits per heavy atom. The number of anilines is 10. The third-order valence-corrected chi connectivity index (χ3v) is 22.5. The van der Waals surface area contributed by atoms with Gasteiger partial charge in [-0.05, 0) is 295 Å². The number of sulfonamides is 1. The molecule has 36 nitrogen and oxygen atoms in total. The molecule has 0 heterocycles. The summed E-state index contributed by atoms with van der Waals surface area (Å²) >= 11 is 0. The molecule has 11 N–H and O–H groups in total. The van der Waals surface area contributed by atoms with Crippen LogP contribution in [0.25, 0.3) is 0 Å². The number of aryl methyl sites for hydroxylation is 6. The van der Waals surface area contributed by atoms with Crippen molar-refractivity contribution in [2.24, 2.45) is 0 Å². The minimum atomic E-state index is -3.24. The van der Waals surface area contributed by atoms with Gasteiger partial charge >= 0.3 is 30.5 Å². The molecule has 0 unspecified atom stereocenters. The molecule has 0 fully saturated rings. The maximum Gasteiger partial charge on any atom is 0.436 e. The molecular weight excluding hydrogens is 1810 g/mol. The van der Waals surface area contributed by atoms with Gasteiger partial charge in [-0.2, -0.15) is 27.4 Å². The number of methoxy groups -OCH3 is 1. The number of benzene rings is 10. The number of hydrogen-bond donors (Lipinski definition) is 11. The van der Waals surface area contributed by atoms with Gasteiger partial charge in [0.1, 0.15) is 15.6 Å². The first kappa shape index (κ1) is 111. The van der Waals surface area contributed by atoms with E-state index in [4.69, 9.17) is 28.9 Å². The van der Waals surface area contributed by atoms with Crippen molar-refractivity contribution in [3.05, 3.63) is 292 Å². The molecule has 0 aliphatic carbocycles. The van der Waals surface area contributed by atoms with E-state index in [1.807, 2.05) is 151 Å². The van der Waals surface area contributed by atoms with Crippen LogP contribution in [0.5, 0.6) is 5.75 Å². The molecule has 38 heteroatoms. The van der Waals surface area contributed by atoms with Gasteiger partial charge in [0.2, 0.25) is 10.0 Å². The lowest BCUT2D eigenvalue weighted by Gasteiger charge is -2.24. The maximum absolute atomic E-state index is 12.2. The zero-order valence-electron chi connectivity index (χ0n) is 80.8. The summed E-state index contributed by atoms with van der Waals surface area (Å²) in [5.74, 6) is -1.99. The Morgan fingerprint density at radius 3 is 0.797 bits per heavy atom. The number of carbonyl (C=O) groups excluding carboxylic acids is 10. The molecule has 0 saturated heterocycles. The number of carbonyl (C=O) groups is 10. The van der Waals surface area contributed by atoms with E-state index in [2.05, 4.69) is 120 Å². The van der Waals surface area contributed by atoms with Gasteiger partial charge in [-0.15, -0.1) is 0 Å². The quantitative estimate of drug-likeness (QED) is 0.0138. The number of amides is 10. The number of sulfone groups is 1. The van der Waals surface area contributed by atoms with Crippen LogP contribution in [0.4, 0.5) is 80.8 Å². The van der Waals surface area contributed by atoms with Crippen molar-refractivity contribution in [2.45, 2.75) is 103 Å². The van der Waals surface area contributed by atoms with Gasteiger partial charge in [0.15, 0.2) is 0 Å². The molecule has 0 atom stereocenters. The second-order valence-electron chi connectivity index (χ2n) is 30.6. The fraction of sp³-hybridized carbons (Fsp3) is 0.300. The first-order chi connectivity index (χ1) is 65.9. The minimum absolute atomic E-state index is 0.0524. The lowest BCUT2D eigenvalue weighted by molar-refractivity contribution is 0.0613. The van der Waals surface area contributed by atoms with Crippen molar-refractivity contribution >= 4 is 137 Å². The van der Waals surface area contributed by atoms with Gasteiger partial charge in [0.05, 0.1) is 19.1 Å². The number of likely N-dealkylation sites (N-methyl/N-ethyl adjacent to an activating group) is 1. The second kappa shape index (κ2) is 57.3. The third kappa shape index (κ3) is 38.5. The highest BCUT2D eigenvalue weighted by molar-refractivity contribution is 7.90. The predicted octanol–water partition coefficient (Wildman–Crippen LogP) is 16.8. The van der Waals surface area contributed by atoms with Crippen molar-refractivity contribution in [1.29, 1.82) is 0 Å². The molecule has 10 amide bonds. The Hall–Kier alpha value is -15.4. The molecular formula is C100H126N16O20S2. The molecule has 0 aliphatic heterocycles. The highest BCUT2D eigenvalue weighted by Gasteiger charge is 2.21. The second-order valence-corrected chi connectivity index (χ2v) is 34.7. The SMILES string of the molecule is CCN(CC)c1ccc(NC(=O)ONC(=O)c2ccc(C)cc2)c(C)c1.CCN(CC)c1ccc(NC(=O)ONC(=O)c2ccc(OC)cc2)c(C)c1.CCN(CC)c1ccc(NC(=O)ONC(=O)c2ccccc2)c(C)c1.CCN(CC)c1ccc(NC(=O)ONC(=O)c2ccccc2)c(CCS(C)(=O)=O)c1.CCN(CCNS(C)(=O)=O)c1ccc(NC(=O)ONC(=O)c2ccccc2)c(C)c1. The molecule has 138 heavy (non-hydrogen) atoms. The van der Waals surface area contributed by atoms with Gasteiger partial charge < -0.3 is 53.4 Å². The van der Waals surface area contributed by atoms with E-state index in [-0.39, 0.29) is 12.2 Å². The molecule has 0 aromatic heterocycles. The fourth-order valence-electron chi connectivity index (χ4n) is 13.2. The molecule has 0 radical (unpaired) electrons. The fourth-order valence-corrected chi connectivity index (χ4v) is 14.2. The Morgan fingerprint density at radius 1 is 0.297 bits per heavy atom. The monoisotopic (exact) mass is 1930 g/mol. The standard InChI is InChI=1S/C21H27N3O5S.C20H26N4O5S.C20H25N3O4.C20H25N3O3.C19H23N3O3/c1-4-24(5-2)18-11-12-19(17(15-18)13-14-30(3,27)28)22-21(26)29-23-20(25)16-9-7-6-8-10-16;1-4-24(13-12-21-30(3,27)28)17-10-11-18(15(2)14-17)22-20(26)29-23-19(25)16-8-6-5-7-9-16;1-5-23(6-2)16-9-12-18(14(3)13-16)21-20(25)27-22-19(24)15-7-10-17(26-4)11-8-15;1-5-23(6-2)17-11-12-18(15(4)13-17)21-20(25)26-22-19(24)16-9-7-14(3)8-10-16;1-4-22(5-2)16-11-12-17(14(3)13-16)20-19(24)25-21-18(23)15-9-7-6-8-10-15/h6-12,15H,4-5,13-14H2,1-3H3,(H,22,26)(H,23,25);5-11,14,21H,4,12-13H2,1-3H3,(H,22,26)(H,23,25);7-13H,5-6H2,1-4H3,(H,21,25)(H,22,24);7-13H,5-6H2,1-4H3,(H,21,25)(H,22,24);6-13H,4-5H2,1-3H3,(H,20,24)(H,21,23). The first-order valence-electron chi connectivity index (χ1n) is 44.6. The third-order valence-electron chi connectivity index (χ3n) is 20.8. The average molecular weight is 1940 g/mol. The van der Waals surface area contributed by atoms with Crippen LogP contribution in [0.3, 0.4) is 0 Å². The summed E-state index contributed by atoms with van der Waals surface area (Å²) < 4.78 is 53.1. The number of nitrogens with zero attached hydrogens (tertiary/aromatic N) is 5. The highest BCUT2D eigenvalue weighted by atomic mass is 32.2. The minimum Gasteiger partial charge on any atom is -0.497 e. The van der Waals surface area contributed by atoms with Crippen LogP contribution in [0, 0.1) is 34.6 Å². The van der Waals surface area contributed by atoms with Crippen LogP contribution in [-0.4, -0.2) is 174 Å². The summed E-state index contributed by atoms with van der Waals surface area (Å²) in [6.07, 6.45) is -1.44. The van der Waals surface area contributed by atoms with Crippen molar-refractivity contribution in [2.75, 3.05) is 148 Å². The Bertz CT molecular complexity index is 5900. The predicted molar refractivity (Wildman–Crippen MR) is 541 cm³/mol. The Labute approximate surface area is 807 Å². The maximum atomic E-state index is 12.2. The molecule has 0 spiro atoms. The van der Waals surface area contributed by atoms with Crippen molar-refractivity contribution < 1.29 is 93.7 Å². The summed E-state index contributed by atoms with van der Waals surface area (Å²) in [5.41, 5.74) is 25.6. The molecule has 10 aromatic rings. The lowest BCUT2D eigenvalue weighted by Crippen LogP contribution is -2.34. The molecule has 0 bridgehead atoms. The lowest BCUT2D eigenvalue weighted by atomic mass is 10.1. The molecule has 0 aliphatic rings. The number of rotatable bonds is 32. The number of ether oxygens (including phenoxy) is 1. The van der Waals surface area contributed by atoms with Gasteiger partial charge in [-0.25, -0.2) is 45.5 Å². The van der Waals surface area contributed by atoms with E-state index in [1.54, 1.807) is 147 Å². The molecule has 10 rings (SSSR count).